The van der Waals surface area contributed by atoms with Crippen LogP contribution in [0, 0.1) is 11.6 Å². The average molecular weight is 261 g/mol. The second-order valence-corrected chi connectivity index (χ2v) is 3.94. The molecule has 0 aliphatic carbocycles. The lowest BCUT2D eigenvalue weighted by Crippen LogP contribution is -2.04. The fraction of sp³-hybridized carbons (Fsp3) is 0.0833. The Morgan fingerprint density at radius 2 is 2.11 bits per heavy atom. The Hall–Kier alpha value is -2.57. The standard InChI is InChI=1S/C12H9F2N5/c13-9-2-1-8(5-10(9)14)6-16-11-12-18-17-7-19(12)4-3-15-11/h1-5,7H,6H2,(H,15,16). The summed E-state index contributed by atoms with van der Waals surface area (Å²) in [6, 6.07) is 3.75. The molecule has 0 unspecified atom stereocenters. The Bertz CT molecular complexity index is 725. The van der Waals surface area contributed by atoms with E-state index >= 15 is 0 Å². The van der Waals surface area contributed by atoms with E-state index in [0.717, 1.165) is 12.1 Å². The minimum absolute atomic E-state index is 0.316. The molecule has 19 heavy (non-hydrogen) atoms. The van der Waals surface area contributed by atoms with Gasteiger partial charge in [0.15, 0.2) is 17.5 Å². The Balaban J connectivity index is 1.82. The van der Waals surface area contributed by atoms with Gasteiger partial charge in [-0.3, -0.25) is 4.40 Å². The summed E-state index contributed by atoms with van der Waals surface area (Å²) in [7, 11) is 0. The average Bonchev–Trinajstić information content (AvgIpc) is 2.89. The molecule has 0 spiro atoms. The Kier molecular flexibility index (Phi) is 2.79. The molecule has 0 saturated heterocycles. The van der Waals surface area contributed by atoms with E-state index in [1.165, 1.54) is 6.07 Å². The van der Waals surface area contributed by atoms with Gasteiger partial charge in [-0.25, -0.2) is 13.8 Å². The number of halogens is 2. The number of aromatic nitrogens is 4. The summed E-state index contributed by atoms with van der Waals surface area (Å²) in [6.07, 6.45) is 4.88. The summed E-state index contributed by atoms with van der Waals surface area (Å²) in [4.78, 5) is 4.13. The second-order valence-electron chi connectivity index (χ2n) is 3.94. The first-order chi connectivity index (χ1) is 9.24. The molecule has 3 aromatic rings. The van der Waals surface area contributed by atoms with E-state index in [1.807, 2.05) is 0 Å². The van der Waals surface area contributed by atoms with Gasteiger partial charge in [0.1, 0.15) is 6.33 Å². The van der Waals surface area contributed by atoms with Crippen LogP contribution in [-0.2, 0) is 6.54 Å². The van der Waals surface area contributed by atoms with Crippen LogP contribution in [-0.4, -0.2) is 19.6 Å². The van der Waals surface area contributed by atoms with E-state index in [-0.39, 0.29) is 0 Å². The molecule has 0 amide bonds. The third-order valence-electron chi connectivity index (χ3n) is 2.66. The monoisotopic (exact) mass is 261 g/mol. The number of rotatable bonds is 3. The molecule has 2 aromatic heterocycles. The number of hydrogen-bond donors (Lipinski definition) is 1. The summed E-state index contributed by atoms with van der Waals surface area (Å²) >= 11 is 0. The number of benzene rings is 1. The van der Waals surface area contributed by atoms with Crippen LogP contribution >= 0.6 is 0 Å². The van der Waals surface area contributed by atoms with Gasteiger partial charge in [0.05, 0.1) is 0 Å². The lowest BCUT2D eigenvalue weighted by molar-refractivity contribution is 0.507. The van der Waals surface area contributed by atoms with Crippen LogP contribution in [0.25, 0.3) is 5.65 Å². The molecule has 1 aromatic carbocycles. The molecule has 7 heteroatoms. The highest BCUT2D eigenvalue weighted by atomic mass is 19.2. The maximum atomic E-state index is 13.1. The predicted octanol–water partition coefficient (Wildman–Crippen LogP) is 2.01. The van der Waals surface area contributed by atoms with E-state index < -0.39 is 11.6 Å². The summed E-state index contributed by atoms with van der Waals surface area (Å²) in [5.41, 5.74) is 1.19. The first-order valence-electron chi connectivity index (χ1n) is 5.56. The quantitative estimate of drug-likeness (QED) is 0.783. The molecule has 0 atom stereocenters. The summed E-state index contributed by atoms with van der Waals surface area (Å²) in [6.45, 7) is 0.316. The predicted molar refractivity (Wildman–Crippen MR) is 64.5 cm³/mol. The van der Waals surface area contributed by atoms with Crippen molar-refractivity contribution in [2.75, 3.05) is 5.32 Å². The maximum Gasteiger partial charge on any atom is 0.203 e. The zero-order chi connectivity index (χ0) is 13.2. The number of anilines is 1. The molecule has 5 nitrogen and oxygen atoms in total. The van der Waals surface area contributed by atoms with E-state index in [1.54, 1.807) is 23.1 Å². The molecule has 2 heterocycles. The number of hydrogen-bond acceptors (Lipinski definition) is 4. The minimum Gasteiger partial charge on any atom is -0.363 e. The Morgan fingerprint density at radius 3 is 2.95 bits per heavy atom. The zero-order valence-corrected chi connectivity index (χ0v) is 9.72. The number of nitrogens with zero attached hydrogens (tertiary/aromatic N) is 4. The highest BCUT2D eigenvalue weighted by Gasteiger charge is 2.06. The van der Waals surface area contributed by atoms with Gasteiger partial charge in [0.25, 0.3) is 0 Å². The van der Waals surface area contributed by atoms with Crippen LogP contribution in [0.1, 0.15) is 5.56 Å². The molecule has 96 valence electrons. The topological polar surface area (TPSA) is 55.1 Å². The SMILES string of the molecule is Fc1ccc(CNc2nccn3cnnc23)cc1F. The van der Waals surface area contributed by atoms with Crippen molar-refractivity contribution in [3.8, 4) is 0 Å². The summed E-state index contributed by atoms with van der Waals surface area (Å²) in [5.74, 6) is -1.20. The van der Waals surface area contributed by atoms with Crippen molar-refractivity contribution in [3.63, 3.8) is 0 Å². The van der Waals surface area contributed by atoms with E-state index in [9.17, 15) is 8.78 Å². The van der Waals surface area contributed by atoms with Crippen LogP contribution in [0.5, 0.6) is 0 Å². The van der Waals surface area contributed by atoms with Crippen LogP contribution < -0.4 is 5.32 Å². The van der Waals surface area contributed by atoms with Gasteiger partial charge >= 0.3 is 0 Å². The summed E-state index contributed by atoms with van der Waals surface area (Å²) < 4.78 is 27.6. The van der Waals surface area contributed by atoms with Gasteiger partial charge in [0.2, 0.25) is 5.65 Å². The van der Waals surface area contributed by atoms with Crippen molar-refractivity contribution in [2.45, 2.75) is 6.54 Å². The second kappa shape index (κ2) is 4.60. The van der Waals surface area contributed by atoms with Crippen molar-refractivity contribution in [1.82, 2.24) is 19.6 Å². The lowest BCUT2D eigenvalue weighted by Gasteiger charge is -2.06. The normalized spacial score (nSPS) is 10.8. The van der Waals surface area contributed by atoms with Crippen molar-refractivity contribution < 1.29 is 8.78 Å². The third kappa shape index (κ3) is 2.22. The molecule has 0 aliphatic rings. The number of fused-ring (bicyclic) bond motifs is 1. The first kappa shape index (κ1) is 11.5. The van der Waals surface area contributed by atoms with E-state index in [2.05, 4.69) is 20.5 Å². The molecule has 3 rings (SSSR count). The molecule has 0 saturated carbocycles. The van der Waals surface area contributed by atoms with Crippen molar-refractivity contribution in [1.29, 1.82) is 0 Å². The molecule has 0 radical (unpaired) electrons. The fourth-order valence-corrected chi connectivity index (χ4v) is 1.72. The smallest absolute Gasteiger partial charge is 0.203 e. The summed E-state index contributed by atoms with van der Waals surface area (Å²) in [5, 5.41) is 10.7. The van der Waals surface area contributed by atoms with Crippen LogP contribution in [0.4, 0.5) is 14.6 Å². The van der Waals surface area contributed by atoms with Crippen LogP contribution in [0.3, 0.4) is 0 Å². The Morgan fingerprint density at radius 1 is 1.21 bits per heavy atom. The molecule has 0 aliphatic heterocycles. The van der Waals surface area contributed by atoms with Crippen LogP contribution in [0.2, 0.25) is 0 Å². The third-order valence-corrected chi connectivity index (χ3v) is 2.66. The van der Waals surface area contributed by atoms with Crippen molar-refractivity contribution >= 4 is 11.5 Å². The highest BCUT2D eigenvalue weighted by Crippen LogP contribution is 2.13. The zero-order valence-electron chi connectivity index (χ0n) is 9.72. The largest absolute Gasteiger partial charge is 0.363 e. The highest BCUT2D eigenvalue weighted by molar-refractivity contribution is 5.61. The van der Waals surface area contributed by atoms with E-state index in [0.29, 0.717) is 23.6 Å². The van der Waals surface area contributed by atoms with Gasteiger partial charge in [-0.1, -0.05) is 6.07 Å². The molecule has 0 fully saturated rings. The van der Waals surface area contributed by atoms with Crippen LogP contribution in [0.15, 0.2) is 36.9 Å². The minimum atomic E-state index is -0.868. The Labute approximate surface area is 106 Å². The fourth-order valence-electron chi connectivity index (χ4n) is 1.72. The molecule has 0 bridgehead atoms. The van der Waals surface area contributed by atoms with Gasteiger partial charge in [-0.2, -0.15) is 0 Å². The van der Waals surface area contributed by atoms with E-state index in [4.69, 9.17) is 0 Å². The number of nitrogens with one attached hydrogen (secondary N) is 1. The lowest BCUT2D eigenvalue weighted by atomic mass is 10.2. The molecule has 1 N–H and O–H groups in total. The van der Waals surface area contributed by atoms with Crippen molar-refractivity contribution in [3.05, 3.63) is 54.1 Å². The molecular formula is C12H9F2N5. The molecular weight excluding hydrogens is 252 g/mol. The van der Waals surface area contributed by atoms with Gasteiger partial charge < -0.3 is 5.32 Å². The van der Waals surface area contributed by atoms with Gasteiger partial charge in [0, 0.05) is 18.9 Å². The maximum absolute atomic E-state index is 13.1. The van der Waals surface area contributed by atoms with Gasteiger partial charge in [-0.05, 0) is 17.7 Å². The van der Waals surface area contributed by atoms with Crippen molar-refractivity contribution in [2.24, 2.45) is 0 Å². The first-order valence-corrected chi connectivity index (χ1v) is 5.56. The van der Waals surface area contributed by atoms with Gasteiger partial charge in [-0.15, -0.1) is 10.2 Å².